The maximum atomic E-state index is 11.9. The van der Waals surface area contributed by atoms with Crippen LogP contribution in [0.4, 0.5) is 0 Å². The van der Waals surface area contributed by atoms with Crippen LogP contribution in [0.1, 0.15) is 32.3 Å². The number of nitrogens with zero attached hydrogens (tertiary/aromatic N) is 3. The van der Waals surface area contributed by atoms with Gasteiger partial charge >= 0.3 is 0 Å². The lowest BCUT2D eigenvalue weighted by Gasteiger charge is -2.14. The van der Waals surface area contributed by atoms with Crippen LogP contribution in [0.15, 0.2) is 53.7 Å². The van der Waals surface area contributed by atoms with E-state index in [0.29, 0.717) is 6.42 Å². The van der Waals surface area contributed by atoms with Gasteiger partial charge in [-0.05, 0) is 39.3 Å². The van der Waals surface area contributed by atoms with E-state index >= 15 is 0 Å². The Hall–Kier alpha value is -2.80. The summed E-state index contributed by atoms with van der Waals surface area (Å²) >= 11 is 1.59. The van der Waals surface area contributed by atoms with E-state index in [9.17, 15) is 4.79 Å². The number of carbonyl (C=O) groups excluding carboxylic acids is 1. The number of nitrogens with one attached hydrogen (secondary N) is 1. The second kappa shape index (κ2) is 10.3. The SMILES string of the molecule is COc1ccccc1-n1c(SCCCC(=O)NC(C)C)nnc1-c1ccc(C)cc1. The molecule has 158 valence electrons. The molecular weight excluding hydrogens is 396 g/mol. The number of rotatable bonds is 9. The van der Waals surface area contributed by atoms with Gasteiger partial charge in [0.05, 0.1) is 12.8 Å². The number of aromatic nitrogens is 3. The van der Waals surface area contributed by atoms with Crippen molar-refractivity contribution in [3.05, 3.63) is 54.1 Å². The summed E-state index contributed by atoms with van der Waals surface area (Å²) in [5.74, 6) is 2.37. The van der Waals surface area contributed by atoms with Crippen molar-refractivity contribution >= 4 is 17.7 Å². The van der Waals surface area contributed by atoms with Gasteiger partial charge in [-0.2, -0.15) is 0 Å². The molecule has 0 unspecified atom stereocenters. The van der Waals surface area contributed by atoms with Crippen LogP contribution in [-0.2, 0) is 4.79 Å². The lowest BCUT2D eigenvalue weighted by Crippen LogP contribution is -2.29. The van der Waals surface area contributed by atoms with Gasteiger partial charge in [0.2, 0.25) is 5.91 Å². The van der Waals surface area contributed by atoms with E-state index in [4.69, 9.17) is 4.74 Å². The zero-order valence-electron chi connectivity index (χ0n) is 17.9. The maximum Gasteiger partial charge on any atom is 0.220 e. The van der Waals surface area contributed by atoms with Gasteiger partial charge in [-0.25, -0.2) is 0 Å². The molecule has 1 N–H and O–H groups in total. The molecule has 1 amide bonds. The van der Waals surface area contributed by atoms with Crippen LogP contribution in [0.25, 0.3) is 17.1 Å². The first-order valence-electron chi connectivity index (χ1n) is 10.1. The lowest BCUT2D eigenvalue weighted by atomic mass is 10.1. The van der Waals surface area contributed by atoms with E-state index in [1.54, 1.807) is 18.9 Å². The van der Waals surface area contributed by atoms with Crippen LogP contribution in [-0.4, -0.2) is 39.6 Å². The summed E-state index contributed by atoms with van der Waals surface area (Å²) in [6, 6.07) is 16.2. The van der Waals surface area contributed by atoms with Crippen molar-refractivity contribution in [2.24, 2.45) is 0 Å². The third kappa shape index (κ3) is 5.42. The van der Waals surface area contributed by atoms with Gasteiger partial charge in [0.1, 0.15) is 5.75 Å². The molecule has 0 fully saturated rings. The van der Waals surface area contributed by atoms with Crippen molar-refractivity contribution < 1.29 is 9.53 Å². The van der Waals surface area contributed by atoms with Gasteiger partial charge < -0.3 is 10.1 Å². The molecule has 0 bridgehead atoms. The van der Waals surface area contributed by atoms with Crippen LogP contribution in [0.2, 0.25) is 0 Å². The summed E-state index contributed by atoms with van der Waals surface area (Å²) in [5.41, 5.74) is 3.07. The molecule has 0 aliphatic carbocycles. The van der Waals surface area contributed by atoms with Gasteiger partial charge in [0.25, 0.3) is 0 Å². The first-order valence-corrected chi connectivity index (χ1v) is 11.1. The summed E-state index contributed by atoms with van der Waals surface area (Å²) in [5, 5.41) is 12.6. The average Bonchev–Trinajstić information content (AvgIpc) is 3.14. The van der Waals surface area contributed by atoms with Crippen LogP contribution in [0, 0.1) is 6.92 Å². The minimum Gasteiger partial charge on any atom is -0.495 e. The Kier molecular flexibility index (Phi) is 7.52. The zero-order chi connectivity index (χ0) is 21.5. The van der Waals surface area contributed by atoms with E-state index in [0.717, 1.165) is 40.2 Å². The smallest absolute Gasteiger partial charge is 0.220 e. The molecule has 6 nitrogen and oxygen atoms in total. The Morgan fingerprint density at radius 1 is 1.13 bits per heavy atom. The molecule has 1 aromatic heterocycles. The number of aryl methyl sites for hydroxylation is 1. The number of carbonyl (C=O) groups is 1. The maximum absolute atomic E-state index is 11.9. The number of hydrogen-bond acceptors (Lipinski definition) is 5. The fourth-order valence-electron chi connectivity index (χ4n) is 3.08. The number of ether oxygens (including phenoxy) is 1. The van der Waals surface area contributed by atoms with Gasteiger partial charge in [0.15, 0.2) is 11.0 Å². The molecule has 0 spiro atoms. The van der Waals surface area contributed by atoms with Crippen molar-refractivity contribution in [3.8, 4) is 22.8 Å². The van der Waals surface area contributed by atoms with Gasteiger partial charge in [-0.1, -0.05) is 53.7 Å². The van der Waals surface area contributed by atoms with E-state index in [-0.39, 0.29) is 11.9 Å². The minimum absolute atomic E-state index is 0.0807. The van der Waals surface area contributed by atoms with Crippen LogP contribution in [0.3, 0.4) is 0 Å². The molecule has 3 rings (SSSR count). The Bertz CT molecular complexity index is 983. The number of methoxy groups -OCH3 is 1. The minimum atomic E-state index is 0.0807. The predicted octanol–water partition coefficient (Wildman–Crippen LogP) is 4.65. The van der Waals surface area contributed by atoms with Crippen LogP contribution in [0.5, 0.6) is 5.75 Å². The second-order valence-electron chi connectivity index (χ2n) is 7.35. The Labute approximate surface area is 182 Å². The number of thioether (sulfide) groups is 1. The summed E-state index contributed by atoms with van der Waals surface area (Å²) in [4.78, 5) is 11.9. The highest BCUT2D eigenvalue weighted by molar-refractivity contribution is 7.99. The molecular formula is C23H28N4O2S. The van der Waals surface area contributed by atoms with Crippen LogP contribution < -0.4 is 10.1 Å². The molecule has 3 aromatic rings. The molecule has 7 heteroatoms. The molecule has 0 aliphatic heterocycles. The standard InChI is InChI=1S/C23H28N4O2S/c1-16(2)24-21(28)10-7-15-30-23-26-25-22(18-13-11-17(3)12-14-18)27(23)19-8-5-6-9-20(19)29-4/h5-6,8-9,11-14,16H,7,10,15H2,1-4H3,(H,24,28). The van der Waals surface area contributed by atoms with E-state index in [1.165, 1.54) is 5.56 Å². The zero-order valence-corrected chi connectivity index (χ0v) is 18.7. The highest BCUT2D eigenvalue weighted by Crippen LogP contribution is 2.32. The number of amides is 1. The summed E-state index contributed by atoms with van der Waals surface area (Å²) in [6.45, 7) is 6.00. The molecule has 0 saturated heterocycles. The van der Waals surface area contributed by atoms with Crippen molar-refractivity contribution in [1.29, 1.82) is 0 Å². The van der Waals surface area contributed by atoms with Gasteiger partial charge in [-0.3, -0.25) is 9.36 Å². The Balaban J connectivity index is 1.86. The van der Waals surface area contributed by atoms with Crippen molar-refractivity contribution in [2.45, 2.75) is 44.8 Å². The first kappa shape index (κ1) is 21.9. The topological polar surface area (TPSA) is 69.0 Å². The fourth-order valence-corrected chi connectivity index (χ4v) is 3.96. The molecule has 0 aliphatic rings. The largest absolute Gasteiger partial charge is 0.495 e. The molecule has 1 heterocycles. The quantitative estimate of drug-likeness (QED) is 0.400. The summed E-state index contributed by atoms with van der Waals surface area (Å²) in [7, 11) is 1.66. The Morgan fingerprint density at radius 2 is 1.87 bits per heavy atom. The first-order chi connectivity index (χ1) is 14.5. The number of benzene rings is 2. The van der Waals surface area contributed by atoms with Crippen LogP contribution >= 0.6 is 11.8 Å². The van der Waals surface area contributed by atoms with Gasteiger partial charge in [0, 0.05) is 23.8 Å². The number of hydrogen-bond donors (Lipinski definition) is 1. The van der Waals surface area contributed by atoms with E-state index in [1.807, 2.05) is 42.7 Å². The summed E-state index contributed by atoms with van der Waals surface area (Å²) < 4.78 is 7.62. The normalized spacial score (nSPS) is 11.0. The third-order valence-corrected chi connectivity index (χ3v) is 5.51. The predicted molar refractivity (Wildman–Crippen MR) is 121 cm³/mol. The van der Waals surface area contributed by atoms with Crippen molar-refractivity contribution in [3.63, 3.8) is 0 Å². The third-order valence-electron chi connectivity index (χ3n) is 4.50. The van der Waals surface area contributed by atoms with Gasteiger partial charge in [-0.15, -0.1) is 10.2 Å². The van der Waals surface area contributed by atoms with Crippen molar-refractivity contribution in [2.75, 3.05) is 12.9 Å². The molecule has 0 saturated carbocycles. The molecule has 2 aromatic carbocycles. The number of para-hydroxylation sites is 2. The van der Waals surface area contributed by atoms with Crippen molar-refractivity contribution in [1.82, 2.24) is 20.1 Å². The lowest BCUT2D eigenvalue weighted by molar-refractivity contribution is -0.121. The molecule has 0 radical (unpaired) electrons. The highest BCUT2D eigenvalue weighted by atomic mass is 32.2. The molecule has 0 atom stereocenters. The highest BCUT2D eigenvalue weighted by Gasteiger charge is 2.19. The average molecular weight is 425 g/mol. The molecule has 30 heavy (non-hydrogen) atoms. The monoisotopic (exact) mass is 424 g/mol. The fraction of sp³-hybridized carbons (Fsp3) is 0.348. The second-order valence-corrected chi connectivity index (χ2v) is 8.42. The van der Waals surface area contributed by atoms with E-state index in [2.05, 4.69) is 46.7 Å². The Morgan fingerprint density at radius 3 is 2.57 bits per heavy atom. The summed E-state index contributed by atoms with van der Waals surface area (Å²) in [6.07, 6.45) is 1.26. The van der Waals surface area contributed by atoms with E-state index < -0.39 is 0 Å².